The van der Waals surface area contributed by atoms with Crippen LogP contribution in [0, 0.1) is 0 Å². The van der Waals surface area contributed by atoms with Crippen LogP contribution >= 0.6 is 23.2 Å². The number of halogens is 6. The Balaban J connectivity index is 2.73. The van der Waals surface area contributed by atoms with Crippen molar-refractivity contribution in [3.05, 3.63) is 33.8 Å². The zero-order chi connectivity index (χ0) is 15.5. The first-order valence-corrected chi connectivity index (χ1v) is 6.17. The van der Waals surface area contributed by atoms with Gasteiger partial charge < -0.3 is 4.74 Å². The summed E-state index contributed by atoms with van der Waals surface area (Å²) >= 11 is 11.4. The third-order valence-electron chi connectivity index (χ3n) is 2.41. The molecular formula is C12H10Cl2F4O2. The van der Waals surface area contributed by atoms with Gasteiger partial charge in [-0.1, -0.05) is 23.2 Å². The van der Waals surface area contributed by atoms with E-state index in [1.807, 2.05) is 0 Å². The Bertz CT molecular complexity index is 494. The number of alkyl halides is 4. The molecule has 1 aromatic rings. The molecule has 0 aliphatic carbocycles. The third-order valence-corrected chi connectivity index (χ3v) is 2.96. The van der Waals surface area contributed by atoms with Crippen molar-refractivity contribution in [2.45, 2.75) is 25.4 Å². The minimum atomic E-state index is -4.31. The smallest absolute Gasteiger partial charge is 0.330 e. The molecule has 0 N–H and O–H groups in total. The van der Waals surface area contributed by atoms with Crippen molar-refractivity contribution in [1.29, 1.82) is 0 Å². The summed E-state index contributed by atoms with van der Waals surface area (Å²) in [6.07, 6.45) is -5.19. The maximum absolute atomic E-state index is 12.7. The van der Waals surface area contributed by atoms with Crippen LogP contribution in [0.5, 0.6) is 0 Å². The van der Waals surface area contributed by atoms with Crippen molar-refractivity contribution in [3.63, 3.8) is 0 Å². The van der Waals surface area contributed by atoms with Crippen LogP contribution in [0.4, 0.5) is 17.6 Å². The van der Waals surface area contributed by atoms with E-state index in [-0.39, 0.29) is 10.6 Å². The van der Waals surface area contributed by atoms with Gasteiger partial charge in [0, 0.05) is 10.6 Å². The highest BCUT2D eigenvalue weighted by Crippen LogP contribution is 2.25. The van der Waals surface area contributed by atoms with Crippen LogP contribution in [0.25, 0.3) is 0 Å². The average Bonchev–Trinajstić information content (AvgIpc) is 2.35. The lowest BCUT2D eigenvalue weighted by atomic mass is 10.1. The first-order valence-electron chi connectivity index (χ1n) is 5.42. The van der Waals surface area contributed by atoms with Crippen LogP contribution < -0.4 is 0 Å². The molecule has 0 heterocycles. The zero-order valence-electron chi connectivity index (χ0n) is 10.2. The van der Waals surface area contributed by atoms with Crippen molar-refractivity contribution < 1.29 is 27.1 Å². The van der Waals surface area contributed by atoms with E-state index in [1.165, 1.54) is 25.1 Å². The van der Waals surface area contributed by atoms with Gasteiger partial charge in [-0.3, -0.25) is 4.79 Å². The summed E-state index contributed by atoms with van der Waals surface area (Å²) in [7, 11) is 0. The number of carbonyl (C=O) groups excluding carboxylic acids is 1. The molecule has 0 radical (unpaired) electrons. The highest BCUT2D eigenvalue weighted by Gasteiger charge is 2.41. The summed E-state index contributed by atoms with van der Waals surface area (Å²) < 4.78 is 53.7. The topological polar surface area (TPSA) is 26.3 Å². The van der Waals surface area contributed by atoms with Gasteiger partial charge in [-0.15, -0.1) is 0 Å². The molecule has 1 atom stereocenters. The summed E-state index contributed by atoms with van der Waals surface area (Å²) in [5, 5.41) is 0.322. The van der Waals surface area contributed by atoms with E-state index in [0.717, 1.165) is 0 Å². The molecule has 1 rings (SSSR count). The molecular weight excluding hydrogens is 323 g/mol. The standard InChI is InChI=1S/C12H10Cl2F4O2/c1-6(20-5-12(17,18)11(15)16)10(19)8-3-2-7(13)4-9(8)14/h2-4,6,11H,5H2,1H3. The van der Waals surface area contributed by atoms with Gasteiger partial charge >= 0.3 is 12.3 Å². The Morgan fingerprint density at radius 2 is 1.95 bits per heavy atom. The van der Waals surface area contributed by atoms with Crippen LogP contribution in [-0.2, 0) is 4.74 Å². The summed E-state index contributed by atoms with van der Waals surface area (Å²) in [6.45, 7) is -0.377. The Morgan fingerprint density at radius 3 is 2.45 bits per heavy atom. The quantitative estimate of drug-likeness (QED) is 0.567. The molecule has 0 amide bonds. The van der Waals surface area contributed by atoms with Gasteiger partial charge in [0.2, 0.25) is 0 Å². The molecule has 112 valence electrons. The summed E-state index contributed by atoms with van der Waals surface area (Å²) in [4.78, 5) is 11.9. The van der Waals surface area contributed by atoms with Gasteiger partial charge in [0.1, 0.15) is 12.7 Å². The molecule has 2 nitrogen and oxygen atoms in total. The molecule has 0 saturated heterocycles. The number of hydrogen-bond donors (Lipinski definition) is 0. The van der Waals surface area contributed by atoms with Crippen LogP contribution in [0.2, 0.25) is 10.0 Å². The van der Waals surface area contributed by atoms with Crippen LogP contribution in [0.15, 0.2) is 18.2 Å². The molecule has 0 aromatic heterocycles. The lowest BCUT2D eigenvalue weighted by Crippen LogP contribution is -2.35. The van der Waals surface area contributed by atoms with E-state index in [4.69, 9.17) is 23.2 Å². The third kappa shape index (κ3) is 4.33. The Labute approximate surface area is 122 Å². The molecule has 0 fully saturated rings. The first-order chi connectivity index (χ1) is 9.15. The molecule has 0 spiro atoms. The molecule has 1 aromatic carbocycles. The molecule has 0 aliphatic rings. The lowest BCUT2D eigenvalue weighted by molar-refractivity contribution is -0.170. The Kier molecular flexibility index (Phi) is 5.79. The fourth-order valence-corrected chi connectivity index (χ4v) is 1.78. The fourth-order valence-electron chi connectivity index (χ4n) is 1.28. The number of Topliss-reactive ketones (excluding diaryl/α,β-unsaturated/α-hetero) is 1. The Morgan fingerprint density at radius 1 is 1.35 bits per heavy atom. The summed E-state index contributed by atoms with van der Waals surface area (Å²) in [6, 6.07) is 4.00. The van der Waals surface area contributed by atoms with Crippen LogP contribution in [-0.4, -0.2) is 30.8 Å². The average molecular weight is 333 g/mol. The van der Waals surface area contributed by atoms with Gasteiger partial charge in [-0.05, 0) is 25.1 Å². The van der Waals surface area contributed by atoms with E-state index >= 15 is 0 Å². The molecule has 8 heteroatoms. The molecule has 0 aliphatic heterocycles. The highest BCUT2D eigenvalue weighted by atomic mass is 35.5. The largest absolute Gasteiger partial charge is 0.364 e. The molecule has 20 heavy (non-hydrogen) atoms. The molecule has 0 bridgehead atoms. The second kappa shape index (κ2) is 6.74. The minimum Gasteiger partial charge on any atom is -0.364 e. The van der Waals surface area contributed by atoms with Gasteiger partial charge in [0.05, 0.1) is 5.02 Å². The predicted molar refractivity (Wildman–Crippen MR) is 67.2 cm³/mol. The van der Waals surface area contributed by atoms with Gasteiger partial charge in [0.15, 0.2) is 5.78 Å². The predicted octanol–water partition coefficient (Wildman–Crippen LogP) is 4.48. The fraction of sp³-hybridized carbons (Fsp3) is 0.417. The Hall–Kier alpha value is -0.850. The SMILES string of the molecule is CC(OCC(F)(F)C(F)F)C(=O)c1ccc(Cl)cc1Cl. The number of rotatable bonds is 6. The van der Waals surface area contributed by atoms with Gasteiger partial charge in [-0.25, -0.2) is 8.78 Å². The second-order valence-electron chi connectivity index (χ2n) is 4.00. The molecule has 0 saturated carbocycles. The van der Waals surface area contributed by atoms with Crippen molar-refractivity contribution in [1.82, 2.24) is 0 Å². The first kappa shape index (κ1) is 17.2. The summed E-state index contributed by atoms with van der Waals surface area (Å²) in [5.41, 5.74) is 0.0175. The van der Waals surface area contributed by atoms with E-state index in [9.17, 15) is 22.4 Å². The van der Waals surface area contributed by atoms with Crippen molar-refractivity contribution in [2.24, 2.45) is 0 Å². The lowest BCUT2D eigenvalue weighted by Gasteiger charge is -2.18. The van der Waals surface area contributed by atoms with Crippen LogP contribution in [0.1, 0.15) is 17.3 Å². The number of benzene rings is 1. The minimum absolute atomic E-state index is 0.0175. The summed E-state index contributed by atoms with van der Waals surface area (Å²) in [5.74, 6) is -5.00. The maximum Gasteiger partial charge on any atom is 0.330 e. The second-order valence-corrected chi connectivity index (χ2v) is 4.85. The number of hydrogen-bond acceptors (Lipinski definition) is 2. The van der Waals surface area contributed by atoms with E-state index in [2.05, 4.69) is 4.74 Å². The van der Waals surface area contributed by atoms with E-state index in [0.29, 0.717) is 5.02 Å². The van der Waals surface area contributed by atoms with Crippen molar-refractivity contribution in [3.8, 4) is 0 Å². The van der Waals surface area contributed by atoms with Crippen LogP contribution in [0.3, 0.4) is 0 Å². The number of ether oxygens (including phenoxy) is 1. The number of carbonyl (C=O) groups is 1. The normalized spacial score (nSPS) is 13.6. The van der Waals surface area contributed by atoms with Crippen molar-refractivity contribution in [2.75, 3.05) is 6.61 Å². The van der Waals surface area contributed by atoms with E-state index in [1.54, 1.807) is 0 Å². The maximum atomic E-state index is 12.7. The van der Waals surface area contributed by atoms with E-state index < -0.39 is 30.8 Å². The number of ketones is 1. The molecule has 1 unspecified atom stereocenters. The zero-order valence-corrected chi connectivity index (χ0v) is 11.7. The van der Waals surface area contributed by atoms with Gasteiger partial charge in [0.25, 0.3) is 0 Å². The monoisotopic (exact) mass is 332 g/mol. The highest BCUT2D eigenvalue weighted by molar-refractivity contribution is 6.37. The van der Waals surface area contributed by atoms with Gasteiger partial charge in [-0.2, -0.15) is 8.78 Å². The van der Waals surface area contributed by atoms with Crippen molar-refractivity contribution >= 4 is 29.0 Å².